The highest BCUT2D eigenvalue weighted by atomic mass is 35.5. The second-order valence-corrected chi connectivity index (χ2v) is 5.55. The fraction of sp³-hybridized carbons (Fsp3) is 0.500. The van der Waals surface area contributed by atoms with Gasteiger partial charge in [-0.3, -0.25) is 4.79 Å². The number of nitrogens with two attached hydrogens (primary N) is 1. The number of benzene rings is 1. The van der Waals surface area contributed by atoms with Crippen molar-refractivity contribution >= 4 is 17.5 Å². The predicted molar refractivity (Wildman–Crippen MR) is 73.8 cm³/mol. The van der Waals surface area contributed by atoms with Crippen LogP contribution in [0.25, 0.3) is 0 Å². The van der Waals surface area contributed by atoms with Gasteiger partial charge in [-0.1, -0.05) is 24.6 Å². The standard InChI is InChI=1S/C14H19ClN2O/c1-9-3-4-11(7-12(9)15)14(18)17-6-5-13(16)10(2)8-17/h3-4,7,10,13H,5-6,8,16H2,1-2H3. The smallest absolute Gasteiger partial charge is 0.253 e. The van der Waals surface area contributed by atoms with Crippen molar-refractivity contribution in [3.8, 4) is 0 Å². The van der Waals surface area contributed by atoms with Gasteiger partial charge in [0.05, 0.1) is 0 Å². The summed E-state index contributed by atoms with van der Waals surface area (Å²) in [6.07, 6.45) is 0.868. The quantitative estimate of drug-likeness (QED) is 0.849. The van der Waals surface area contributed by atoms with Crippen LogP contribution in [0.15, 0.2) is 18.2 Å². The van der Waals surface area contributed by atoms with Gasteiger partial charge in [-0.2, -0.15) is 0 Å². The summed E-state index contributed by atoms with van der Waals surface area (Å²) in [5.41, 5.74) is 7.61. The van der Waals surface area contributed by atoms with E-state index in [9.17, 15) is 4.79 Å². The lowest BCUT2D eigenvalue weighted by atomic mass is 9.94. The lowest BCUT2D eigenvalue weighted by Crippen LogP contribution is -2.48. The fourth-order valence-electron chi connectivity index (χ4n) is 2.26. The number of halogens is 1. The topological polar surface area (TPSA) is 46.3 Å². The Morgan fingerprint density at radius 3 is 2.83 bits per heavy atom. The van der Waals surface area contributed by atoms with E-state index in [-0.39, 0.29) is 11.9 Å². The van der Waals surface area contributed by atoms with E-state index in [1.54, 1.807) is 6.07 Å². The zero-order valence-corrected chi connectivity index (χ0v) is 11.6. The third-order valence-electron chi connectivity index (χ3n) is 3.68. The van der Waals surface area contributed by atoms with Crippen molar-refractivity contribution in [1.29, 1.82) is 0 Å². The number of carbonyl (C=O) groups excluding carboxylic acids is 1. The minimum Gasteiger partial charge on any atom is -0.338 e. The largest absolute Gasteiger partial charge is 0.338 e. The van der Waals surface area contributed by atoms with Gasteiger partial charge >= 0.3 is 0 Å². The Morgan fingerprint density at radius 1 is 1.50 bits per heavy atom. The average Bonchev–Trinajstić information content (AvgIpc) is 2.35. The molecule has 0 saturated carbocycles. The monoisotopic (exact) mass is 266 g/mol. The summed E-state index contributed by atoms with van der Waals surface area (Å²) in [5.74, 6) is 0.402. The van der Waals surface area contributed by atoms with Gasteiger partial charge in [-0.25, -0.2) is 0 Å². The van der Waals surface area contributed by atoms with Crippen LogP contribution in [0.3, 0.4) is 0 Å². The van der Waals surface area contributed by atoms with E-state index in [2.05, 4.69) is 6.92 Å². The highest BCUT2D eigenvalue weighted by Gasteiger charge is 2.26. The maximum atomic E-state index is 12.3. The predicted octanol–water partition coefficient (Wildman–Crippen LogP) is 2.46. The number of piperidine rings is 1. The summed E-state index contributed by atoms with van der Waals surface area (Å²) < 4.78 is 0. The molecule has 1 heterocycles. The second-order valence-electron chi connectivity index (χ2n) is 5.14. The molecule has 4 heteroatoms. The molecule has 18 heavy (non-hydrogen) atoms. The number of aryl methyl sites for hydroxylation is 1. The van der Waals surface area contributed by atoms with Crippen molar-refractivity contribution in [3.63, 3.8) is 0 Å². The molecular weight excluding hydrogens is 248 g/mol. The van der Waals surface area contributed by atoms with Crippen LogP contribution in [0.1, 0.15) is 29.3 Å². The Bertz CT molecular complexity index is 461. The number of hydrogen-bond donors (Lipinski definition) is 1. The summed E-state index contributed by atoms with van der Waals surface area (Å²) >= 11 is 6.06. The Kier molecular flexibility index (Phi) is 3.93. The SMILES string of the molecule is Cc1ccc(C(=O)N2CCC(N)C(C)C2)cc1Cl. The zero-order chi connectivity index (χ0) is 13.3. The molecule has 1 amide bonds. The molecule has 1 saturated heterocycles. The maximum absolute atomic E-state index is 12.3. The van der Waals surface area contributed by atoms with Crippen molar-refractivity contribution < 1.29 is 4.79 Å². The van der Waals surface area contributed by atoms with Crippen molar-refractivity contribution in [2.24, 2.45) is 11.7 Å². The van der Waals surface area contributed by atoms with Gasteiger partial charge in [0.15, 0.2) is 0 Å². The minimum atomic E-state index is 0.0515. The van der Waals surface area contributed by atoms with Gasteiger partial charge < -0.3 is 10.6 Å². The maximum Gasteiger partial charge on any atom is 0.253 e. The highest BCUT2D eigenvalue weighted by Crippen LogP contribution is 2.21. The molecule has 0 aliphatic carbocycles. The van der Waals surface area contributed by atoms with Gasteiger partial charge in [0, 0.05) is 29.7 Å². The molecule has 0 aromatic heterocycles. The summed E-state index contributed by atoms with van der Waals surface area (Å²) in [6.45, 7) is 5.48. The van der Waals surface area contributed by atoms with Crippen LogP contribution in [-0.4, -0.2) is 29.9 Å². The number of hydrogen-bond acceptors (Lipinski definition) is 2. The Morgan fingerprint density at radius 2 is 2.22 bits per heavy atom. The van der Waals surface area contributed by atoms with Gasteiger partial charge in [-0.15, -0.1) is 0 Å². The molecule has 1 aromatic carbocycles. The molecule has 1 aliphatic rings. The van der Waals surface area contributed by atoms with Gasteiger partial charge in [-0.05, 0) is 37.0 Å². The second kappa shape index (κ2) is 5.29. The van der Waals surface area contributed by atoms with E-state index < -0.39 is 0 Å². The first-order valence-corrected chi connectivity index (χ1v) is 6.68. The van der Waals surface area contributed by atoms with E-state index in [1.165, 1.54) is 0 Å². The number of rotatable bonds is 1. The molecule has 1 aromatic rings. The average molecular weight is 267 g/mol. The van der Waals surface area contributed by atoms with Crippen LogP contribution < -0.4 is 5.73 Å². The molecule has 1 fully saturated rings. The molecule has 2 unspecified atom stereocenters. The highest BCUT2D eigenvalue weighted by molar-refractivity contribution is 6.31. The minimum absolute atomic E-state index is 0.0515. The van der Waals surface area contributed by atoms with E-state index in [1.807, 2.05) is 24.0 Å². The number of amides is 1. The lowest BCUT2D eigenvalue weighted by molar-refractivity contribution is 0.0664. The molecule has 0 spiro atoms. The van der Waals surface area contributed by atoms with Crippen LogP contribution >= 0.6 is 11.6 Å². The molecule has 98 valence electrons. The van der Waals surface area contributed by atoms with Crippen molar-refractivity contribution in [1.82, 2.24) is 4.90 Å². The van der Waals surface area contributed by atoms with E-state index in [4.69, 9.17) is 17.3 Å². The Balaban J connectivity index is 2.14. The summed E-state index contributed by atoms with van der Waals surface area (Å²) in [4.78, 5) is 14.2. The summed E-state index contributed by atoms with van der Waals surface area (Å²) in [5, 5.41) is 0.641. The van der Waals surface area contributed by atoms with Crippen LogP contribution in [0.5, 0.6) is 0 Å². The van der Waals surface area contributed by atoms with Crippen molar-refractivity contribution in [2.45, 2.75) is 26.3 Å². The first-order valence-electron chi connectivity index (χ1n) is 6.30. The Hall–Kier alpha value is -1.06. The van der Waals surface area contributed by atoms with Gasteiger partial charge in [0.2, 0.25) is 0 Å². The number of nitrogens with zero attached hydrogens (tertiary/aromatic N) is 1. The van der Waals surface area contributed by atoms with Crippen LogP contribution in [0, 0.1) is 12.8 Å². The van der Waals surface area contributed by atoms with Gasteiger partial charge in [0.1, 0.15) is 0 Å². The molecule has 0 radical (unpaired) electrons. The van der Waals surface area contributed by atoms with Crippen LogP contribution in [-0.2, 0) is 0 Å². The molecule has 2 rings (SSSR count). The normalized spacial score (nSPS) is 24.1. The first-order chi connectivity index (χ1) is 8.49. The molecule has 0 bridgehead atoms. The van der Waals surface area contributed by atoms with Gasteiger partial charge in [0.25, 0.3) is 5.91 Å². The van der Waals surface area contributed by atoms with Crippen molar-refractivity contribution in [3.05, 3.63) is 34.3 Å². The molecular formula is C14H19ClN2O. The van der Waals surface area contributed by atoms with E-state index in [0.717, 1.165) is 25.1 Å². The lowest BCUT2D eigenvalue weighted by Gasteiger charge is -2.35. The van der Waals surface area contributed by atoms with E-state index in [0.29, 0.717) is 16.5 Å². The first kappa shape index (κ1) is 13.4. The molecule has 1 aliphatic heterocycles. The number of carbonyl (C=O) groups is 1. The number of likely N-dealkylation sites (tertiary alicyclic amines) is 1. The van der Waals surface area contributed by atoms with Crippen LogP contribution in [0.2, 0.25) is 5.02 Å². The summed E-state index contributed by atoms with van der Waals surface area (Å²) in [6, 6.07) is 5.67. The van der Waals surface area contributed by atoms with Crippen LogP contribution in [0.4, 0.5) is 0 Å². The molecule has 2 atom stereocenters. The third-order valence-corrected chi connectivity index (χ3v) is 4.08. The zero-order valence-electron chi connectivity index (χ0n) is 10.8. The molecule has 2 N–H and O–H groups in total. The Labute approximate surface area is 113 Å². The molecule has 3 nitrogen and oxygen atoms in total. The van der Waals surface area contributed by atoms with E-state index >= 15 is 0 Å². The summed E-state index contributed by atoms with van der Waals surface area (Å²) in [7, 11) is 0. The third kappa shape index (κ3) is 2.68. The fourth-order valence-corrected chi connectivity index (χ4v) is 2.44. The van der Waals surface area contributed by atoms with Crippen molar-refractivity contribution in [2.75, 3.05) is 13.1 Å².